The lowest BCUT2D eigenvalue weighted by Gasteiger charge is -2.25. The molecular weight excluding hydrogens is 242 g/mol. The second-order valence-corrected chi connectivity index (χ2v) is 4.98. The molecule has 0 unspecified atom stereocenters. The Morgan fingerprint density at radius 1 is 1.16 bits per heavy atom. The Hall–Kier alpha value is -1.84. The predicted octanol–water partition coefficient (Wildman–Crippen LogP) is 2.33. The number of ether oxygens (including phenoxy) is 1. The van der Waals surface area contributed by atoms with Crippen molar-refractivity contribution in [2.75, 3.05) is 13.7 Å². The van der Waals surface area contributed by atoms with Crippen molar-refractivity contribution in [3.8, 4) is 0 Å². The summed E-state index contributed by atoms with van der Waals surface area (Å²) in [5.74, 6) is -0.557. The molecule has 4 nitrogen and oxygen atoms in total. The van der Waals surface area contributed by atoms with Gasteiger partial charge < -0.3 is 9.64 Å². The summed E-state index contributed by atoms with van der Waals surface area (Å²) in [5.41, 5.74) is 2.67. The van der Waals surface area contributed by atoms with Crippen LogP contribution in [0.2, 0.25) is 0 Å². The van der Waals surface area contributed by atoms with Crippen molar-refractivity contribution in [2.45, 2.75) is 33.7 Å². The third-order valence-electron chi connectivity index (χ3n) is 2.88. The van der Waals surface area contributed by atoms with Gasteiger partial charge in [0.15, 0.2) is 0 Å². The van der Waals surface area contributed by atoms with Crippen LogP contribution >= 0.6 is 0 Å². The van der Waals surface area contributed by atoms with E-state index in [1.807, 2.05) is 45.9 Å². The number of esters is 1. The number of methoxy groups -OCH3 is 1. The lowest BCUT2D eigenvalue weighted by molar-refractivity contribution is -0.141. The lowest BCUT2D eigenvalue weighted by atomic mass is 10.1. The number of benzene rings is 1. The van der Waals surface area contributed by atoms with Crippen molar-refractivity contribution in [3.63, 3.8) is 0 Å². The number of amides is 1. The summed E-state index contributed by atoms with van der Waals surface area (Å²) in [4.78, 5) is 25.4. The Bertz CT molecular complexity index is 460. The Labute approximate surface area is 114 Å². The number of aryl methyl sites for hydroxylation is 2. The standard InChI is InChI=1S/C15H21NO3/c1-10(2)16(9-14(17)19-5)15(18)13-7-11(3)6-12(4)8-13/h6-8,10H,9H2,1-5H3. The molecular formula is C15H21NO3. The summed E-state index contributed by atoms with van der Waals surface area (Å²) in [6, 6.07) is 5.62. The van der Waals surface area contributed by atoms with E-state index in [4.69, 9.17) is 0 Å². The number of rotatable bonds is 4. The topological polar surface area (TPSA) is 46.6 Å². The summed E-state index contributed by atoms with van der Waals surface area (Å²) in [6.45, 7) is 7.63. The monoisotopic (exact) mass is 263 g/mol. The number of hydrogen-bond acceptors (Lipinski definition) is 3. The Balaban J connectivity index is 3.02. The van der Waals surface area contributed by atoms with Crippen LogP contribution in [-0.2, 0) is 9.53 Å². The van der Waals surface area contributed by atoms with Crippen LogP contribution in [0.15, 0.2) is 18.2 Å². The maximum absolute atomic E-state index is 12.5. The maximum Gasteiger partial charge on any atom is 0.325 e. The highest BCUT2D eigenvalue weighted by Crippen LogP contribution is 2.13. The number of carbonyl (C=O) groups excluding carboxylic acids is 2. The minimum absolute atomic E-state index is 0.0278. The highest BCUT2D eigenvalue weighted by atomic mass is 16.5. The third-order valence-corrected chi connectivity index (χ3v) is 2.88. The van der Waals surface area contributed by atoms with Crippen molar-refractivity contribution < 1.29 is 14.3 Å². The molecule has 0 bridgehead atoms. The van der Waals surface area contributed by atoms with Crippen molar-refractivity contribution in [2.24, 2.45) is 0 Å². The second kappa shape index (κ2) is 6.36. The van der Waals surface area contributed by atoms with Crippen molar-refractivity contribution in [1.29, 1.82) is 0 Å². The van der Waals surface area contributed by atoms with Gasteiger partial charge in [-0.1, -0.05) is 17.2 Å². The van der Waals surface area contributed by atoms with Crippen LogP contribution in [0, 0.1) is 13.8 Å². The molecule has 104 valence electrons. The molecule has 0 aliphatic carbocycles. The molecule has 0 N–H and O–H groups in total. The predicted molar refractivity (Wildman–Crippen MR) is 74.1 cm³/mol. The normalized spacial score (nSPS) is 10.4. The van der Waals surface area contributed by atoms with Gasteiger partial charge in [-0.25, -0.2) is 0 Å². The summed E-state index contributed by atoms with van der Waals surface area (Å²) < 4.78 is 4.63. The van der Waals surface area contributed by atoms with E-state index in [0.717, 1.165) is 11.1 Å². The summed E-state index contributed by atoms with van der Waals surface area (Å²) in [7, 11) is 1.32. The quantitative estimate of drug-likeness (QED) is 0.783. The van der Waals surface area contributed by atoms with E-state index in [1.165, 1.54) is 12.0 Å². The van der Waals surface area contributed by atoms with E-state index >= 15 is 0 Å². The van der Waals surface area contributed by atoms with Crippen LogP contribution in [0.5, 0.6) is 0 Å². The van der Waals surface area contributed by atoms with Crippen LogP contribution < -0.4 is 0 Å². The molecule has 1 amide bonds. The van der Waals surface area contributed by atoms with Gasteiger partial charge in [0.1, 0.15) is 6.54 Å². The highest BCUT2D eigenvalue weighted by molar-refractivity contribution is 5.96. The van der Waals surface area contributed by atoms with E-state index in [0.29, 0.717) is 5.56 Å². The van der Waals surface area contributed by atoms with E-state index in [2.05, 4.69) is 4.74 Å². The Morgan fingerprint density at radius 3 is 2.11 bits per heavy atom. The molecule has 0 atom stereocenters. The summed E-state index contributed by atoms with van der Waals surface area (Å²) in [6.07, 6.45) is 0. The molecule has 0 heterocycles. The molecule has 19 heavy (non-hydrogen) atoms. The van der Waals surface area contributed by atoms with Gasteiger partial charge >= 0.3 is 5.97 Å². The van der Waals surface area contributed by atoms with Gasteiger partial charge in [0, 0.05) is 11.6 Å². The van der Waals surface area contributed by atoms with Gasteiger partial charge in [-0.05, 0) is 39.8 Å². The highest BCUT2D eigenvalue weighted by Gasteiger charge is 2.22. The van der Waals surface area contributed by atoms with Gasteiger partial charge in [0.05, 0.1) is 7.11 Å². The van der Waals surface area contributed by atoms with E-state index in [-0.39, 0.29) is 18.5 Å². The zero-order valence-electron chi connectivity index (χ0n) is 12.2. The zero-order valence-corrected chi connectivity index (χ0v) is 12.2. The summed E-state index contributed by atoms with van der Waals surface area (Å²) >= 11 is 0. The van der Waals surface area contributed by atoms with Crippen LogP contribution in [-0.4, -0.2) is 36.5 Å². The zero-order chi connectivity index (χ0) is 14.6. The first-order chi connectivity index (χ1) is 8.85. The maximum atomic E-state index is 12.5. The third kappa shape index (κ3) is 4.09. The van der Waals surface area contributed by atoms with E-state index in [9.17, 15) is 9.59 Å². The molecule has 0 aliphatic heterocycles. The summed E-state index contributed by atoms with van der Waals surface area (Å²) in [5, 5.41) is 0. The largest absolute Gasteiger partial charge is 0.468 e. The van der Waals surface area contributed by atoms with Gasteiger partial charge in [-0.15, -0.1) is 0 Å². The van der Waals surface area contributed by atoms with Crippen LogP contribution in [0.3, 0.4) is 0 Å². The molecule has 0 aromatic heterocycles. The van der Waals surface area contributed by atoms with Gasteiger partial charge in [0.2, 0.25) is 0 Å². The Morgan fingerprint density at radius 2 is 1.68 bits per heavy atom. The molecule has 0 radical (unpaired) electrons. The smallest absolute Gasteiger partial charge is 0.325 e. The van der Waals surface area contributed by atoms with Crippen LogP contribution in [0.4, 0.5) is 0 Å². The van der Waals surface area contributed by atoms with Gasteiger partial charge in [-0.3, -0.25) is 9.59 Å². The average molecular weight is 263 g/mol. The fraction of sp³-hybridized carbons (Fsp3) is 0.467. The molecule has 4 heteroatoms. The van der Waals surface area contributed by atoms with Crippen LogP contribution in [0.1, 0.15) is 35.3 Å². The van der Waals surface area contributed by atoms with E-state index in [1.54, 1.807) is 0 Å². The van der Waals surface area contributed by atoms with Crippen molar-refractivity contribution >= 4 is 11.9 Å². The fourth-order valence-electron chi connectivity index (χ4n) is 1.96. The van der Waals surface area contributed by atoms with Crippen molar-refractivity contribution in [3.05, 3.63) is 34.9 Å². The number of nitrogens with zero attached hydrogens (tertiary/aromatic N) is 1. The van der Waals surface area contributed by atoms with E-state index < -0.39 is 5.97 Å². The number of hydrogen-bond donors (Lipinski definition) is 0. The van der Waals surface area contributed by atoms with Gasteiger partial charge in [-0.2, -0.15) is 0 Å². The van der Waals surface area contributed by atoms with Gasteiger partial charge in [0.25, 0.3) is 5.91 Å². The molecule has 1 rings (SSSR count). The first-order valence-corrected chi connectivity index (χ1v) is 6.31. The minimum Gasteiger partial charge on any atom is -0.468 e. The molecule has 0 saturated carbocycles. The lowest BCUT2D eigenvalue weighted by Crippen LogP contribution is -2.41. The average Bonchev–Trinajstić information content (AvgIpc) is 2.33. The first-order valence-electron chi connectivity index (χ1n) is 6.31. The number of carbonyl (C=O) groups is 2. The molecule has 1 aromatic rings. The molecule has 0 saturated heterocycles. The molecule has 0 fully saturated rings. The second-order valence-electron chi connectivity index (χ2n) is 4.98. The molecule has 0 spiro atoms. The fourth-order valence-corrected chi connectivity index (χ4v) is 1.96. The van der Waals surface area contributed by atoms with Crippen LogP contribution in [0.25, 0.3) is 0 Å². The molecule has 0 aliphatic rings. The first kappa shape index (κ1) is 15.2. The SMILES string of the molecule is COC(=O)CN(C(=O)c1cc(C)cc(C)c1)C(C)C. The van der Waals surface area contributed by atoms with Crippen molar-refractivity contribution in [1.82, 2.24) is 4.90 Å². The molecule has 1 aromatic carbocycles. The Kier molecular flexibility index (Phi) is 5.10. The minimum atomic E-state index is -0.411.